The zero-order chi connectivity index (χ0) is 34.1. The Balaban J connectivity index is 1.11. The molecule has 0 unspecified atom stereocenters. The third-order valence-corrected chi connectivity index (χ3v) is 7.48. The quantitative estimate of drug-likeness (QED) is 0.112. The Kier molecular flexibility index (Phi) is 12.1. The molecule has 0 N–H and O–H groups in total. The van der Waals surface area contributed by atoms with Crippen LogP contribution in [0, 0.1) is 0 Å². The van der Waals surface area contributed by atoms with Crippen LogP contribution in [0.2, 0.25) is 0 Å². The van der Waals surface area contributed by atoms with Crippen molar-refractivity contribution in [1.82, 2.24) is 89.7 Å². The van der Waals surface area contributed by atoms with Gasteiger partial charge in [0.1, 0.15) is 75.9 Å². The summed E-state index contributed by atoms with van der Waals surface area (Å²) in [7, 11) is 0. The molecule has 0 saturated heterocycles. The van der Waals surface area contributed by atoms with Gasteiger partial charge in [-0.15, -0.1) is 0 Å². The van der Waals surface area contributed by atoms with Crippen molar-refractivity contribution >= 4 is 35.7 Å². The molecule has 0 aliphatic rings. The predicted octanol–water partition coefficient (Wildman–Crippen LogP) is 2.10. The summed E-state index contributed by atoms with van der Waals surface area (Å²) in [4.78, 5) is 81.7. The van der Waals surface area contributed by atoms with Crippen LogP contribution in [0.15, 0.2) is 75.9 Å². The maximum atomic E-state index is 4.46. The molecule has 254 valence electrons. The van der Waals surface area contributed by atoms with Crippen molar-refractivity contribution in [3.63, 3.8) is 0 Å². The molecule has 0 aliphatic carbocycles. The normalized spacial score (nSPS) is 11.0. The smallest absolute Gasteiger partial charge is 0.235 e. The van der Waals surface area contributed by atoms with E-state index in [9.17, 15) is 0 Å². The molecule has 21 heteroatoms. The Bertz CT molecular complexity index is 1570. The molecule has 6 rings (SSSR count). The van der Waals surface area contributed by atoms with Crippen molar-refractivity contribution < 1.29 is 0 Å². The molecule has 0 aliphatic heterocycles. The van der Waals surface area contributed by atoms with E-state index in [1.54, 1.807) is 0 Å². The molecule has 6 heterocycles. The highest BCUT2D eigenvalue weighted by Gasteiger charge is 2.25. The summed E-state index contributed by atoms with van der Waals surface area (Å²) in [5, 5.41) is 0. The summed E-state index contributed by atoms with van der Waals surface area (Å²) in [5.74, 6) is 2.86. The van der Waals surface area contributed by atoms with E-state index in [2.05, 4.69) is 89.7 Å². The van der Waals surface area contributed by atoms with E-state index in [0.29, 0.717) is 48.8 Å². The van der Waals surface area contributed by atoms with Gasteiger partial charge in [0, 0.05) is 19.1 Å². The topological polar surface area (TPSA) is 242 Å². The average molecular weight is 676 g/mol. The molecule has 0 atom stereocenters. The highest BCUT2D eigenvalue weighted by Crippen LogP contribution is 2.27. The molecular weight excluding hydrogens is 642 g/mol. The van der Waals surface area contributed by atoms with Gasteiger partial charge >= 0.3 is 0 Å². The van der Waals surface area contributed by atoms with E-state index >= 15 is 0 Å². The zero-order valence-electron chi connectivity index (χ0n) is 27.0. The SMILES string of the molecule is c1ncnc(N(CCCCCC(CCCCCN(c2ncncn2)c2ncncn2)N(c2ncncn2)c2ncncn2)c2ncncn2)n1. The van der Waals surface area contributed by atoms with Crippen molar-refractivity contribution in [3.05, 3.63) is 75.9 Å². The van der Waals surface area contributed by atoms with Crippen LogP contribution in [-0.2, 0) is 0 Å². The van der Waals surface area contributed by atoms with Gasteiger partial charge in [-0.1, -0.05) is 25.7 Å². The molecular formula is C29H33N21. The standard InChI is InChI=1S/C29H33N21/c1(5-9-48(24-36-11-30-12-37-24)25-38-13-31-14-39-25)3-7-23(50(28-44-19-34-20-45-28)29-46-21-35-22-47-29)8-4-2-6-10-49(26-40-15-32-16-41-26)27-42-17-33-18-43-27/h11-23H,1-10H2. The Morgan fingerprint density at radius 3 is 0.860 bits per heavy atom. The lowest BCUT2D eigenvalue weighted by atomic mass is 10.00. The summed E-state index contributed by atoms with van der Waals surface area (Å²) >= 11 is 0. The van der Waals surface area contributed by atoms with Crippen LogP contribution >= 0.6 is 0 Å². The van der Waals surface area contributed by atoms with Gasteiger partial charge in [0.05, 0.1) is 0 Å². The first-order chi connectivity index (χ1) is 24.9. The molecule has 6 aromatic rings. The molecule has 0 fully saturated rings. The Labute approximate surface area is 286 Å². The molecule has 0 aromatic carbocycles. The highest BCUT2D eigenvalue weighted by molar-refractivity contribution is 5.48. The first-order valence-electron chi connectivity index (χ1n) is 15.9. The molecule has 0 spiro atoms. The number of hydrogen-bond acceptors (Lipinski definition) is 21. The van der Waals surface area contributed by atoms with Gasteiger partial charge in [-0.3, -0.25) is 14.7 Å². The van der Waals surface area contributed by atoms with Crippen molar-refractivity contribution in [1.29, 1.82) is 0 Å². The zero-order valence-corrected chi connectivity index (χ0v) is 27.0. The first kappa shape index (κ1) is 33.4. The lowest BCUT2D eigenvalue weighted by Crippen LogP contribution is -2.34. The number of hydrogen-bond donors (Lipinski definition) is 0. The van der Waals surface area contributed by atoms with Crippen LogP contribution in [0.1, 0.15) is 51.4 Å². The summed E-state index contributed by atoms with van der Waals surface area (Å²) in [6.45, 7) is 1.23. The molecule has 0 bridgehead atoms. The van der Waals surface area contributed by atoms with E-state index in [0.717, 1.165) is 51.4 Å². The second kappa shape index (κ2) is 18.1. The predicted molar refractivity (Wildman–Crippen MR) is 176 cm³/mol. The average Bonchev–Trinajstić information content (AvgIpc) is 3.19. The minimum atomic E-state index is -0.00821. The summed E-state index contributed by atoms with van der Waals surface area (Å²) in [5.41, 5.74) is 0. The molecule has 0 amide bonds. The van der Waals surface area contributed by atoms with E-state index in [4.69, 9.17) is 0 Å². The first-order valence-corrected chi connectivity index (χ1v) is 15.9. The lowest BCUT2D eigenvalue weighted by molar-refractivity contribution is 0.480. The fraction of sp³-hybridized carbons (Fsp3) is 0.379. The Hall–Kier alpha value is -6.54. The Morgan fingerprint density at radius 1 is 0.320 bits per heavy atom. The maximum absolute atomic E-state index is 4.46. The maximum Gasteiger partial charge on any atom is 0.235 e. The number of nitrogens with zero attached hydrogens (tertiary/aromatic N) is 21. The van der Waals surface area contributed by atoms with Gasteiger partial charge in [-0.05, 0) is 25.7 Å². The van der Waals surface area contributed by atoms with E-state index in [1.165, 1.54) is 75.9 Å². The third-order valence-electron chi connectivity index (χ3n) is 7.48. The fourth-order valence-corrected chi connectivity index (χ4v) is 5.26. The van der Waals surface area contributed by atoms with Crippen LogP contribution in [0.5, 0.6) is 0 Å². The minimum absolute atomic E-state index is 0.00821. The van der Waals surface area contributed by atoms with E-state index in [-0.39, 0.29) is 6.04 Å². The number of rotatable bonds is 19. The van der Waals surface area contributed by atoms with Gasteiger partial charge in [0.25, 0.3) is 0 Å². The van der Waals surface area contributed by atoms with Crippen molar-refractivity contribution in [2.75, 3.05) is 27.8 Å². The molecule has 50 heavy (non-hydrogen) atoms. The second-order valence-corrected chi connectivity index (χ2v) is 10.7. The van der Waals surface area contributed by atoms with Crippen molar-refractivity contribution in [2.24, 2.45) is 0 Å². The van der Waals surface area contributed by atoms with Gasteiger partial charge < -0.3 is 0 Å². The molecule has 6 aromatic heterocycles. The van der Waals surface area contributed by atoms with Gasteiger partial charge in [0.2, 0.25) is 35.7 Å². The monoisotopic (exact) mass is 675 g/mol. The summed E-state index contributed by atoms with van der Waals surface area (Å²) in [6.07, 6.45) is 24.5. The van der Waals surface area contributed by atoms with Crippen LogP contribution < -0.4 is 14.7 Å². The van der Waals surface area contributed by atoms with E-state index in [1.807, 2.05) is 14.7 Å². The Morgan fingerprint density at radius 2 is 0.580 bits per heavy atom. The third kappa shape index (κ3) is 9.29. The summed E-state index contributed by atoms with van der Waals surface area (Å²) < 4.78 is 0. The summed E-state index contributed by atoms with van der Waals surface area (Å²) in [6, 6.07) is -0.00821. The van der Waals surface area contributed by atoms with Gasteiger partial charge in [-0.2, -0.15) is 0 Å². The highest BCUT2D eigenvalue weighted by atomic mass is 15.4. The molecule has 0 radical (unpaired) electrons. The van der Waals surface area contributed by atoms with Crippen LogP contribution in [0.3, 0.4) is 0 Å². The van der Waals surface area contributed by atoms with Crippen LogP contribution in [0.4, 0.5) is 35.7 Å². The van der Waals surface area contributed by atoms with Crippen molar-refractivity contribution in [3.8, 4) is 0 Å². The number of unbranched alkanes of at least 4 members (excludes halogenated alkanes) is 4. The largest absolute Gasteiger partial charge is 0.279 e. The molecule has 0 saturated carbocycles. The lowest BCUT2D eigenvalue weighted by Gasteiger charge is -2.30. The van der Waals surface area contributed by atoms with Gasteiger partial charge in [0.15, 0.2) is 0 Å². The van der Waals surface area contributed by atoms with Gasteiger partial charge in [-0.25, -0.2) is 89.7 Å². The van der Waals surface area contributed by atoms with E-state index < -0.39 is 0 Å². The molecule has 21 nitrogen and oxygen atoms in total. The number of anilines is 6. The van der Waals surface area contributed by atoms with Crippen LogP contribution in [-0.4, -0.2) is 109 Å². The fourth-order valence-electron chi connectivity index (χ4n) is 5.26. The van der Waals surface area contributed by atoms with Crippen molar-refractivity contribution in [2.45, 2.75) is 57.4 Å². The second-order valence-electron chi connectivity index (χ2n) is 10.7. The number of aromatic nitrogens is 18. The minimum Gasteiger partial charge on any atom is -0.279 e. The van der Waals surface area contributed by atoms with Crippen LogP contribution in [0.25, 0.3) is 0 Å².